The fourth-order valence-electron chi connectivity index (χ4n) is 3.61. The third-order valence-electron chi connectivity index (χ3n) is 4.96. The SMILES string of the molecule is COc1ccc(Nc2cc(F)cc(F)c2)nc1C(=O)NC1CC2CCOC21. The van der Waals surface area contributed by atoms with Gasteiger partial charge in [-0.2, -0.15) is 0 Å². The van der Waals surface area contributed by atoms with Crippen molar-refractivity contribution in [3.05, 3.63) is 47.7 Å². The Morgan fingerprint density at radius 2 is 2.04 bits per heavy atom. The Kier molecular flexibility index (Phi) is 4.65. The lowest BCUT2D eigenvalue weighted by molar-refractivity contribution is -0.000694. The van der Waals surface area contributed by atoms with Gasteiger partial charge in [0.05, 0.1) is 19.3 Å². The van der Waals surface area contributed by atoms with Crippen molar-refractivity contribution in [2.24, 2.45) is 5.92 Å². The molecule has 3 atom stereocenters. The standard InChI is InChI=1S/C19H19F2N3O3/c1-26-15-2-3-16(22-13-8-11(20)7-12(21)9-13)24-17(15)19(25)23-14-6-10-4-5-27-18(10)14/h2-3,7-10,14,18H,4-6H2,1H3,(H,22,24)(H,23,25). The van der Waals surface area contributed by atoms with Crippen LogP contribution in [0, 0.1) is 17.6 Å². The number of hydrogen-bond acceptors (Lipinski definition) is 5. The van der Waals surface area contributed by atoms with Gasteiger partial charge < -0.3 is 20.1 Å². The van der Waals surface area contributed by atoms with Crippen LogP contribution in [-0.4, -0.2) is 36.8 Å². The summed E-state index contributed by atoms with van der Waals surface area (Å²) in [6.07, 6.45) is 1.98. The third-order valence-corrected chi connectivity index (χ3v) is 4.96. The van der Waals surface area contributed by atoms with Gasteiger partial charge in [-0.3, -0.25) is 4.79 Å². The molecular weight excluding hydrogens is 356 g/mol. The molecule has 0 bridgehead atoms. The summed E-state index contributed by atoms with van der Waals surface area (Å²) < 4.78 is 37.6. The summed E-state index contributed by atoms with van der Waals surface area (Å²) >= 11 is 0. The van der Waals surface area contributed by atoms with E-state index in [-0.39, 0.29) is 35.3 Å². The van der Waals surface area contributed by atoms with Crippen LogP contribution in [0.3, 0.4) is 0 Å². The number of amides is 1. The van der Waals surface area contributed by atoms with Crippen molar-refractivity contribution in [2.45, 2.75) is 25.0 Å². The average Bonchev–Trinajstić information content (AvgIpc) is 2.99. The summed E-state index contributed by atoms with van der Waals surface area (Å²) in [5.41, 5.74) is 0.290. The van der Waals surface area contributed by atoms with Crippen LogP contribution < -0.4 is 15.4 Å². The summed E-state index contributed by atoms with van der Waals surface area (Å²) in [6.45, 7) is 0.729. The number of halogens is 2. The highest BCUT2D eigenvalue weighted by Gasteiger charge is 2.46. The van der Waals surface area contributed by atoms with Gasteiger partial charge in [0, 0.05) is 18.4 Å². The fourth-order valence-corrected chi connectivity index (χ4v) is 3.61. The molecule has 1 saturated heterocycles. The summed E-state index contributed by atoms with van der Waals surface area (Å²) in [5.74, 6) is -0.692. The van der Waals surface area contributed by atoms with Gasteiger partial charge in [0.15, 0.2) is 5.69 Å². The van der Waals surface area contributed by atoms with Crippen LogP contribution in [0.1, 0.15) is 23.3 Å². The maximum absolute atomic E-state index is 13.4. The number of carbonyl (C=O) groups is 1. The van der Waals surface area contributed by atoms with E-state index < -0.39 is 11.6 Å². The van der Waals surface area contributed by atoms with E-state index in [1.54, 1.807) is 12.1 Å². The number of nitrogens with zero attached hydrogens (tertiary/aromatic N) is 1. The van der Waals surface area contributed by atoms with Gasteiger partial charge in [-0.25, -0.2) is 13.8 Å². The van der Waals surface area contributed by atoms with Crippen LogP contribution in [0.15, 0.2) is 30.3 Å². The summed E-state index contributed by atoms with van der Waals surface area (Å²) in [6, 6.07) is 6.17. The lowest BCUT2D eigenvalue weighted by Crippen LogP contribution is -2.54. The molecule has 1 aliphatic heterocycles. The number of ether oxygens (including phenoxy) is 2. The highest BCUT2D eigenvalue weighted by Crippen LogP contribution is 2.38. The summed E-state index contributed by atoms with van der Waals surface area (Å²) in [7, 11) is 1.45. The smallest absolute Gasteiger partial charge is 0.274 e. The first-order valence-electron chi connectivity index (χ1n) is 8.74. The summed E-state index contributed by atoms with van der Waals surface area (Å²) in [4.78, 5) is 16.9. The first-order chi connectivity index (χ1) is 13.0. The lowest BCUT2D eigenvalue weighted by atomic mass is 9.77. The number of anilines is 2. The Balaban J connectivity index is 1.52. The Hall–Kier alpha value is -2.74. The molecule has 6 nitrogen and oxygen atoms in total. The maximum Gasteiger partial charge on any atom is 0.274 e. The molecule has 2 aliphatic rings. The van der Waals surface area contributed by atoms with Crippen molar-refractivity contribution in [1.29, 1.82) is 0 Å². The highest BCUT2D eigenvalue weighted by molar-refractivity contribution is 5.95. The molecular formula is C19H19F2N3O3. The number of aromatic nitrogens is 1. The van der Waals surface area contributed by atoms with Crippen LogP contribution in [0.25, 0.3) is 0 Å². The molecule has 2 aromatic rings. The van der Waals surface area contributed by atoms with Gasteiger partial charge in [0.1, 0.15) is 23.2 Å². The molecule has 8 heteroatoms. The second-order valence-corrected chi connectivity index (χ2v) is 6.73. The van der Waals surface area contributed by atoms with Crippen LogP contribution in [0.4, 0.5) is 20.3 Å². The molecule has 2 heterocycles. The van der Waals surface area contributed by atoms with Crippen molar-refractivity contribution in [3.8, 4) is 5.75 Å². The predicted octanol–water partition coefficient (Wildman–Crippen LogP) is 3.02. The van der Waals surface area contributed by atoms with Gasteiger partial charge in [-0.15, -0.1) is 0 Å². The zero-order chi connectivity index (χ0) is 19.0. The molecule has 0 spiro atoms. The van der Waals surface area contributed by atoms with Crippen molar-refractivity contribution in [3.63, 3.8) is 0 Å². The summed E-state index contributed by atoms with van der Waals surface area (Å²) in [5, 5.41) is 5.73. The molecule has 1 saturated carbocycles. The number of fused-ring (bicyclic) bond motifs is 1. The minimum Gasteiger partial charge on any atom is -0.494 e. The molecule has 2 N–H and O–H groups in total. The molecule has 1 aliphatic carbocycles. The molecule has 142 valence electrons. The van der Waals surface area contributed by atoms with Crippen molar-refractivity contribution < 1.29 is 23.0 Å². The number of nitrogens with one attached hydrogen (secondary N) is 2. The minimum atomic E-state index is -0.708. The number of rotatable bonds is 5. The van der Waals surface area contributed by atoms with Gasteiger partial charge in [-0.05, 0) is 43.0 Å². The zero-order valence-corrected chi connectivity index (χ0v) is 14.7. The van der Waals surface area contributed by atoms with E-state index in [2.05, 4.69) is 15.6 Å². The number of hydrogen-bond donors (Lipinski definition) is 2. The highest BCUT2D eigenvalue weighted by atomic mass is 19.1. The minimum absolute atomic E-state index is 0.0366. The second kappa shape index (κ2) is 7.11. The van der Waals surface area contributed by atoms with E-state index in [0.29, 0.717) is 11.7 Å². The quantitative estimate of drug-likeness (QED) is 0.841. The van der Waals surface area contributed by atoms with Crippen LogP contribution in [-0.2, 0) is 4.74 Å². The first-order valence-corrected chi connectivity index (χ1v) is 8.74. The van der Waals surface area contributed by atoms with Crippen LogP contribution in [0.5, 0.6) is 5.75 Å². The monoisotopic (exact) mass is 375 g/mol. The van der Waals surface area contributed by atoms with E-state index in [4.69, 9.17) is 9.47 Å². The normalized spacial score (nSPS) is 23.3. The number of carbonyl (C=O) groups excluding carboxylic acids is 1. The molecule has 1 amide bonds. The Morgan fingerprint density at radius 3 is 2.74 bits per heavy atom. The van der Waals surface area contributed by atoms with Crippen molar-refractivity contribution in [1.82, 2.24) is 10.3 Å². The Morgan fingerprint density at radius 1 is 1.26 bits per heavy atom. The van der Waals surface area contributed by atoms with Gasteiger partial charge >= 0.3 is 0 Å². The van der Waals surface area contributed by atoms with Crippen molar-refractivity contribution >= 4 is 17.4 Å². The number of benzene rings is 1. The number of methoxy groups -OCH3 is 1. The molecule has 2 fully saturated rings. The predicted molar refractivity (Wildman–Crippen MR) is 94.1 cm³/mol. The first kappa shape index (κ1) is 17.7. The van der Waals surface area contributed by atoms with Gasteiger partial charge in [0.2, 0.25) is 0 Å². The van der Waals surface area contributed by atoms with E-state index in [0.717, 1.165) is 37.6 Å². The topological polar surface area (TPSA) is 72.5 Å². The van der Waals surface area contributed by atoms with E-state index in [9.17, 15) is 13.6 Å². The molecule has 4 rings (SSSR count). The third kappa shape index (κ3) is 3.57. The van der Waals surface area contributed by atoms with E-state index >= 15 is 0 Å². The number of pyridine rings is 1. The van der Waals surface area contributed by atoms with Crippen LogP contribution in [0.2, 0.25) is 0 Å². The molecule has 0 radical (unpaired) electrons. The largest absolute Gasteiger partial charge is 0.494 e. The van der Waals surface area contributed by atoms with E-state index in [1.807, 2.05) is 0 Å². The Labute approximate surface area is 154 Å². The second-order valence-electron chi connectivity index (χ2n) is 6.73. The van der Waals surface area contributed by atoms with Crippen LogP contribution >= 0.6 is 0 Å². The lowest BCUT2D eigenvalue weighted by Gasteiger charge is -2.39. The van der Waals surface area contributed by atoms with Crippen molar-refractivity contribution in [2.75, 3.05) is 19.0 Å². The van der Waals surface area contributed by atoms with Gasteiger partial charge in [-0.1, -0.05) is 0 Å². The van der Waals surface area contributed by atoms with E-state index in [1.165, 1.54) is 7.11 Å². The molecule has 1 aromatic carbocycles. The zero-order valence-electron chi connectivity index (χ0n) is 14.7. The molecule has 27 heavy (non-hydrogen) atoms. The molecule has 1 aromatic heterocycles. The molecule has 3 unspecified atom stereocenters. The fraction of sp³-hybridized carbons (Fsp3) is 0.368. The maximum atomic E-state index is 13.4. The average molecular weight is 375 g/mol. The Bertz CT molecular complexity index is 857. The van der Waals surface area contributed by atoms with Gasteiger partial charge in [0.25, 0.3) is 5.91 Å².